The number of aliphatic hydroxyl groups is 1. The Morgan fingerprint density at radius 1 is 0.348 bits per heavy atom. The highest BCUT2D eigenvalue weighted by atomic mass is 16.6. The minimum absolute atomic E-state index is 0.0196. The number of carbonyl (C=O) groups excluding carboxylic acids is 2. The lowest BCUT2D eigenvalue weighted by molar-refractivity contribution is -0.137. The average Bonchev–Trinajstić information content (AvgIpc) is 3.38. The van der Waals surface area contributed by atoms with E-state index >= 15 is 0 Å². The molecule has 0 aromatic rings. The molecule has 46 heavy (non-hydrogen) atoms. The summed E-state index contributed by atoms with van der Waals surface area (Å²) >= 11 is 0. The first-order chi connectivity index (χ1) is 22.8. The first-order valence-electron chi connectivity index (χ1n) is 15.8. The van der Waals surface area contributed by atoms with Crippen molar-refractivity contribution < 1.29 is 71.5 Å². The van der Waals surface area contributed by atoms with Crippen molar-refractivity contribution in [2.24, 2.45) is 0 Å². The Hall–Kier alpha value is -1.64. The van der Waals surface area contributed by atoms with E-state index in [-0.39, 0.29) is 31.6 Å². The van der Waals surface area contributed by atoms with E-state index in [9.17, 15) is 9.59 Å². The lowest BCUT2D eigenvalue weighted by Crippen LogP contribution is -2.33. The van der Waals surface area contributed by atoms with Gasteiger partial charge in [0.2, 0.25) is 0 Å². The summed E-state index contributed by atoms with van der Waals surface area (Å²) in [5.74, 6) is -0.617. The second kappa shape index (κ2) is 34.7. The summed E-state index contributed by atoms with van der Waals surface area (Å²) < 4.78 is 64.7. The number of ether oxygens (including phenoxy) is 12. The molecule has 0 unspecified atom stereocenters. The minimum atomic E-state index is -0.309. The molecule has 1 aliphatic rings. The summed E-state index contributed by atoms with van der Waals surface area (Å²) in [6.45, 7) is 11.3. The molecule has 0 aromatic carbocycles. The predicted octanol–water partition coefficient (Wildman–Crippen LogP) is -0.897. The Bertz CT molecular complexity index is 698. The molecule has 0 aromatic heterocycles. The highest BCUT2D eigenvalue weighted by Crippen LogP contribution is 2.02. The summed E-state index contributed by atoms with van der Waals surface area (Å²) in [5, 5.41) is 8.57. The van der Waals surface area contributed by atoms with Gasteiger partial charge in [0.15, 0.2) is 0 Å². The van der Waals surface area contributed by atoms with Crippen molar-refractivity contribution >= 4 is 11.8 Å². The summed E-state index contributed by atoms with van der Waals surface area (Å²) in [7, 11) is 0. The van der Waals surface area contributed by atoms with Crippen molar-refractivity contribution in [3.05, 3.63) is 12.2 Å². The van der Waals surface area contributed by atoms with Crippen LogP contribution in [-0.2, 0) is 66.4 Å². The Morgan fingerprint density at radius 2 is 0.543 bits per heavy atom. The molecule has 16 heteroatoms. The van der Waals surface area contributed by atoms with E-state index in [0.717, 1.165) is 4.90 Å². The Morgan fingerprint density at radius 3 is 0.761 bits per heavy atom. The van der Waals surface area contributed by atoms with Gasteiger partial charge in [-0.2, -0.15) is 0 Å². The van der Waals surface area contributed by atoms with Crippen LogP contribution in [0.4, 0.5) is 0 Å². The second-order valence-electron chi connectivity index (χ2n) is 9.23. The van der Waals surface area contributed by atoms with E-state index in [1.54, 1.807) is 0 Å². The average molecular weight is 670 g/mol. The summed E-state index contributed by atoms with van der Waals surface area (Å²) in [6.07, 6.45) is 2.51. The van der Waals surface area contributed by atoms with Crippen LogP contribution in [0.15, 0.2) is 12.2 Å². The van der Waals surface area contributed by atoms with Crippen LogP contribution in [0, 0.1) is 0 Å². The van der Waals surface area contributed by atoms with E-state index in [1.807, 2.05) is 0 Å². The maximum absolute atomic E-state index is 11.4. The van der Waals surface area contributed by atoms with E-state index in [0.29, 0.717) is 152 Å². The highest BCUT2D eigenvalue weighted by Gasteiger charge is 2.22. The molecule has 0 bridgehead atoms. The molecule has 0 saturated carbocycles. The number of nitrogens with zero attached hydrogens (tertiary/aromatic N) is 1. The van der Waals surface area contributed by atoms with Gasteiger partial charge >= 0.3 is 0 Å². The maximum atomic E-state index is 11.4. The normalized spacial score (nSPS) is 13.1. The third-order valence-corrected chi connectivity index (χ3v) is 5.69. The van der Waals surface area contributed by atoms with Crippen LogP contribution in [0.5, 0.6) is 0 Å². The predicted molar refractivity (Wildman–Crippen MR) is 163 cm³/mol. The molecule has 2 amide bonds. The third-order valence-electron chi connectivity index (χ3n) is 5.69. The lowest BCUT2D eigenvalue weighted by Gasteiger charge is -2.13. The molecule has 1 heterocycles. The van der Waals surface area contributed by atoms with Crippen LogP contribution < -0.4 is 0 Å². The van der Waals surface area contributed by atoms with Gasteiger partial charge in [-0.05, 0) is 0 Å². The highest BCUT2D eigenvalue weighted by molar-refractivity contribution is 6.12. The van der Waals surface area contributed by atoms with Crippen molar-refractivity contribution in [1.82, 2.24) is 4.90 Å². The van der Waals surface area contributed by atoms with Gasteiger partial charge in [0.1, 0.15) is 0 Å². The van der Waals surface area contributed by atoms with Gasteiger partial charge < -0.3 is 61.9 Å². The molecule has 1 aliphatic heterocycles. The number of rotatable bonds is 38. The Labute approximate surface area is 272 Å². The molecular formula is C30H55NO15. The van der Waals surface area contributed by atoms with Gasteiger partial charge in [-0.3, -0.25) is 14.5 Å². The first kappa shape index (κ1) is 42.4. The number of carbonyl (C=O) groups is 2. The van der Waals surface area contributed by atoms with Crippen LogP contribution in [0.2, 0.25) is 0 Å². The fraction of sp³-hybridized carbons (Fsp3) is 0.867. The summed E-state index contributed by atoms with van der Waals surface area (Å²) in [4.78, 5) is 23.9. The fourth-order valence-corrected chi connectivity index (χ4v) is 3.39. The molecule has 1 N–H and O–H groups in total. The van der Waals surface area contributed by atoms with Gasteiger partial charge in [0, 0.05) is 12.2 Å². The van der Waals surface area contributed by atoms with Crippen molar-refractivity contribution in [1.29, 1.82) is 0 Å². The summed E-state index contributed by atoms with van der Waals surface area (Å²) in [5.41, 5.74) is 0. The SMILES string of the molecule is O=C1C=CC(=O)N1CCOCCOCCOCCOCCOCCOCCOCCOCCOCCOCCOCCOCCO. The zero-order valence-electron chi connectivity index (χ0n) is 27.1. The molecule has 270 valence electrons. The Kier molecular flexibility index (Phi) is 32.0. The number of aliphatic hydroxyl groups excluding tert-OH is 1. The smallest absolute Gasteiger partial charge is 0.253 e. The number of amides is 2. The maximum Gasteiger partial charge on any atom is 0.253 e. The zero-order valence-corrected chi connectivity index (χ0v) is 27.1. The molecule has 0 spiro atoms. The van der Waals surface area contributed by atoms with Crippen LogP contribution in [0.25, 0.3) is 0 Å². The fourth-order valence-electron chi connectivity index (χ4n) is 3.39. The van der Waals surface area contributed by atoms with E-state index in [1.165, 1.54) is 12.2 Å². The van der Waals surface area contributed by atoms with Gasteiger partial charge in [-0.1, -0.05) is 0 Å². The van der Waals surface area contributed by atoms with E-state index in [2.05, 4.69) is 0 Å². The second-order valence-corrected chi connectivity index (χ2v) is 9.23. The van der Waals surface area contributed by atoms with Crippen LogP contribution in [-0.4, -0.2) is 194 Å². The number of hydrogen-bond acceptors (Lipinski definition) is 15. The molecule has 0 aliphatic carbocycles. The van der Waals surface area contributed by atoms with Crippen molar-refractivity contribution in [3.63, 3.8) is 0 Å². The van der Waals surface area contributed by atoms with Gasteiger partial charge in [-0.25, -0.2) is 0 Å². The van der Waals surface area contributed by atoms with Gasteiger partial charge in [-0.15, -0.1) is 0 Å². The topological polar surface area (TPSA) is 168 Å². The van der Waals surface area contributed by atoms with Crippen molar-refractivity contribution in [3.8, 4) is 0 Å². The van der Waals surface area contributed by atoms with Gasteiger partial charge in [0.25, 0.3) is 11.8 Å². The van der Waals surface area contributed by atoms with Crippen LogP contribution in [0.1, 0.15) is 0 Å². The van der Waals surface area contributed by atoms with E-state index in [4.69, 9.17) is 61.9 Å². The number of imide groups is 1. The summed E-state index contributed by atoms with van der Waals surface area (Å²) in [6, 6.07) is 0. The quantitative estimate of drug-likeness (QED) is 0.0634. The van der Waals surface area contributed by atoms with Crippen molar-refractivity contribution in [2.45, 2.75) is 0 Å². The van der Waals surface area contributed by atoms with E-state index < -0.39 is 0 Å². The molecule has 1 rings (SSSR count). The molecule has 16 nitrogen and oxygen atoms in total. The molecule has 0 radical (unpaired) electrons. The van der Waals surface area contributed by atoms with Crippen LogP contribution >= 0.6 is 0 Å². The minimum Gasteiger partial charge on any atom is -0.394 e. The number of hydrogen-bond donors (Lipinski definition) is 1. The molecular weight excluding hydrogens is 614 g/mol. The van der Waals surface area contributed by atoms with Crippen molar-refractivity contribution in [2.75, 3.05) is 172 Å². The molecule has 0 atom stereocenters. The van der Waals surface area contributed by atoms with Gasteiger partial charge in [0.05, 0.1) is 172 Å². The first-order valence-corrected chi connectivity index (χ1v) is 15.8. The Balaban J connectivity index is 1.62. The zero-order chi connectivity index (χ0) is 33.0. The lowest BCUT2D eigenvalue weighted by atomic mass is 10.5. The molecule has 0 saturated heterocycles. The monoisotopic (exact) mass is 669 g/mol. The van der Waals surface area contributed by atoms with Crippen LogP contribution in [0.3, 0.4) is 0 Å². The third kappa shape index (κ3) is 28.6. The largest absolute Gasteiger partial charge is 0.394 e. The molecule has 0 fully saturated rings. The standard InChI is InChI=1S/C30H55NO15/c32-4-6-36-8-10-38-12-14-40-16-18-42-20-22-44-24-26-46-28-27-45-25-23-43-21-19-41-17-15-39-13-11-37-9-7-35-5-3-31-29(33)1-2-30(31)34/h1-2,32H,3-28H2.